The molecule has 12 heavy (non-hydrogen) atoms. The van der Waals surface area contributed by atoms with Crippen LogP contribution in [0.5, 0.6) is 0 Å². The summed E-state index contributed by atoms with van der Waals surface area (Å²) in [6.45, 7) is 0. The first-order chi connectivity index (χ1) is 5.26. The van der Waals surface area contributed by atoms with E-state index in [0.717, 1.165) is 12.2 Å². The third kappa shape index (κ3) is 6.38. The monoisotopic (exact) mass is 323 g/mol. The molecular formula is C6H14INO2S2. The maximum absolute atomic E-state index is 10.9. The number of likely N-dealkylation sites (N-methyl/N-ethyl adjacent to an activating group) is 1. The summed E-state index contributed by atoms with van der Waals surface area (Å²) in [6.07, 6.45) is 2.73. The molecule has 0 radical (unpaired) electrons. The molecule has 0 fully saturated rings. The molecule has 3 nitrogen and oxygen atoms in total. The van der Waals surface area contributed by atoms with E-state index in [9.17, 15) is 4.79 Å². The average Bonchev–Trinajstić information content (AvgIpc) is 2.05. The standard InChI is InChI=1S/C6H12NO2S2.HI/c1-7-5(3-4-11-2)6(8)9-10;/h5,10H,3-4H2,1-2H3;1H/q-1;/p+1/t5-;/m0./s1. The lowest BCUT2D eigenvalue weighted by Gasteiger charge is -2.21. The Morgan fingerprint density at radius 3 is 2.67 bits per heavy atom. The number of halogens is 1. The van der Waals surface area contributed by atoms with Crippen LogP contribution in [0.15, 0.2) is 0 Å². The number of nitrogens with zero attached hydrogens (tertiary/aromatic N) is 1. The van der Waals surface area contributed by atoms with Crippen LogP contribution in [0.25, 0.3) is 5.32 Å². The Morgan fingerprint density at radius 1 is 1.75 bits per heavy atom. The largest absolute Gasteiger partial charge is 0.653 e. The highest BCUT2D eigenvalue weighted by molar-refractivity contribution is 14.0. The molecule has 0 saturated heterocycles. The molecule has 74 valence electrons. The summed E-state index contributed by atoms with van der Waals surface area (Å²) < 4.78 is 4.36. The van der Waals surface area contributed by atoms with Gasteiger partial charge in [-0.2, -0.15) is 18.8 Å². The summed E-state index contributed by atoms with van der Waals surface area (Å²) in [6, 6.07) is -0.319. The fourth-order valence-electron chi connectivity index (χ4n) is 0.650. The van der Waals surface area contributed by atoms with E-state index in [1.165, 1.54) is 0 Å². The summed E-state index contributed by atoms with van der Waals surface area (Å²) >= 11 is 4.37. The Hall–Kier alpha value is 0.860. The minimum Gasteiger partial charge on any atom is -0.653 e. The van der Waals surface area contributed by atoms with Crippen molar-refractivity contribution in [3.63, 3.8) is 0 Å². The van der Waals surface area contributed by atoms with Crippen molar-refractivity contribution in [3.8, 4) is 0 Å². The maximum atomic E-state index is 10.9. The highest BCUT2D eigenvalue weighted by Gasteiger charge is 2.10. The van der Waals surface area contributed by atoms with E-state index >= 15 is 0 Å². The molecule has 0 aliphatic heterocycles. The van der Waals surface area contributed by atoms with Crippen LogP contribution in [-0.4, -0.2) is 31.1 Å². The molecule has 0 aromatic carbocycles. The lowest BCUT2D eigenvalue weighted by atomic mass is 10.2. The van der Waals surface area contributed by atoms with Crippen molar-refractivity contribution in [2.45, 2.75) is 12.5 Å². The second-order valence-corrected chi connectivity index (χ2v) is 3.17. The van der Waals surface area contributed by atoms with Gasteiger partial charge in [-0.05, 0) is 24.5 Å². The fraction of sp³-hybridized carbons (Fsp3) is 0.833. The average molecular weight is 323 g/mol. The number of carbonyl (C=O) groups excluding carboxylic acids is 1. The summed E-state index contributed by atoms with van der Waals surface area (Å²) in [7, 11) is 1.62. The second-order valence-electron chi connectivity index (χ2n) is 1.98. The molecular weight excluding hydrogens is 309 g/mol. The summed E-state index contributed by atoms with van der Waals surface area (Å²) in [5.74, 6) is 0.599. The maximum Gasteiger partial charge on any atom is 0.346 e. The van der Waals surface area contributed by atoms with Crippen LogP contribution < -0.4 is 0 Å². The van der Waals surface area contributed by atoms with Crippen molar-refractivity contribution >= 4 is 54.6 Å². The molecule has 0 saturated carbocycles. The molecule has 0 aromatic heterocycles. The number of thioether (sulfide) groups is 1. The van der Waals surface area contributed by atoms with E-state index in [4.69, 9.17) is 0 Å². The van der Waals surface area contributed by atoms with E-state index in [1.54, 1.807) is 18.8 Å². The first-order valence-corrected chi connectivity index (χ1v) is 5.01. The molecule has 0 spiro atoms. The SMILES string of the molecule is C[N-][C@@H](CCSC)C(=O)O[SH2+].I. The molecule has 0 N–H and O–H groups in total. The van der Waals surface area contributed by atoms with Gasteiger partial charge < -0.3 is 5.32 Å². The molecule has 1 atom stereocenters. The topological polar surface area (TPSA) is 40.4 Å². The zero-order valence-corrected chi connectivity index (χ0v) is 11.2. The van der Waals surface area contributed by atoms with Crippen molar-refractivity contribution in [1.29, 1.82) is 0 Å². The Balaban J connectivity index is 0. The quantitative estimate of drug-likeness (QED) is 0.564. The highest BCUT2D eigenvalue weighted by Crippen LogP contribution is 2.08. The number of rotatable bonds is 5. The van der Waals surface area contributed by atoms with E-state index in [-0.39, 0.29) is 36.0 Å². The molecule has 6 heteroatoms. The van der Waals surface area contributed by atoms with Gasteiger partial charge in [-0.25, -0.2) is 4.79 Å². The van der Waals surface area contributed by atoms with Gasteiger partial charge in [0.05, 0.1) is 0 Å². The van der Waals surface area contributed by atoms with Crippen LogP contribution in [0.2, 0.25) is 0 Å². The molecule has 0 aliphatic rings. The van der Waals surface area contributed by atoms with Crippen LogP contribution in [0, 0.1) is 0 Å². The number of hydrogen-bond acceptors (Lipinski definition) is 3. The van der Waals surface area contributed by atoms with Gasteiger partial charge in [0.15, 0.2) is 12.9 Å². The highest BCUT2D eigenvalue weighted by atomic mass is 127. The van der Waals surface area contributed by atoms with E-state index in [2.05, 4.69) is 22.4 Å². The first-order valence-electron chi connectivity index (χ1n) is 3.21. The van der Waals surface area contributed by atoms with Crippen LogP contribution in [-0.2, 0) is 21.9 Å². The Kier molecular flexibility index (Phi) is 12.7. The normalized spacial score (nSPS) is 11.6. The van der Waals surface area contributed by atoms with Crippen LogP contribution >= 0.6 is 35.7 Å². The lowest BCUT2D eigenvalue weighted by molar-refractivity contribution is -0.133. The fourth-order valence-corrected chi connectivity index (χ4v) is 1.24. The van der Waals surface area contributed by atoms with Gasteiger partial charge in [0.25, 0.3) is 0 Å². The Labute approximate surface area is 100 Å². The smallest absolute Gasteiger partial charge is 0.346 e. The minimum absolute atomic E-state index is 0. The van der Waals surface area contributed by atoms with Crippen molar-refractivity contribution in [1.82, 2.24) is 0 Å². The molecule has 0 amide bonds. The zero-order valence-electron chi connectivity index (χ0n) is 7.07. The van der Waals surface area contributed by atoms with E-state index in [1.807, 2.05) is 6.26 Å². The van der Waals surface area contributed by atoms with Gasteiger partial charge in [-0.3, -0.25) is 4.18 Å². The Morgan fingerprint density at radius 2 is 2.33 bits per heavy atom. The third-order valence-corrected chi connectivity index (χ3v) is 2.12. The van der Waals surface area contributed by atoms with Gasteiger partial charge >= 0.3 is 5.97 Å². The van der Waals surface area contributed by atoms with Crippen molar-refractivity contribution in [2.24, 2.45) is 0 Å². The Bertz CT molecular complexity index is 126. The third-order valence-electron chi connectivity index (χ3n) is 1.28. The van der Waals surface area contributed by atoms with Gasteiger partial charge in [0.2, 0.25) is 0 Å². The predicted octanol–water partition coefficient (Wildman–Crippen LogP) is 1.20. The second kappa shape index (κ2) is 9.94. The van der Waals surface area contributed by atoms with Gasteiger partial charge in [-0.1, -0.05) is 0 Å². The van der Waals surface area contributed by atoms with Crippen LogP contribution in [0.3, 0.4) is 0 Å². The first kappa shape index (κ1) is 15.3. The van der Waals surface area contributed by atoms with Crippen LogP contribution in [0.4, 0.5) is 0 Å². The van der Waals surface area contributed by atoms with Gasteiger partial charge in [0, 0.05) is 0 Å². The van der Waals surface area contributed by atoms with Crippen molar-refractivity contribution in [3.05, 3.63) is 5.32 Å². The van der Waals surface area contributed by atoms with Crippen molar-refractivity contribution in [2.75, 3.05) is 19.1 Å². The molecule has 0 heterocycles. The minimum atomic E-state index is -0.321. The molecule has 0 aliphatic carbocycles. The summed E-state index contributed by atoms with van der Waals surface area (Å²) in [5, 5.41) is 3.88. The summed E-state index contributed by atoms with van der Waals surface area (Å²) in [4.78, 5) is 10.9. The molecule has 0 aromatic rings. The number of hydrogen-bond donors (Lipinski definition) is 0. The van der Waals surface area contributed by atoms with Crippen LogP contribution in [0.1, 0.15) is 6.42 Å². The molecule has 0 unspecified atom stereocenters. The lowest BCUT2D eigenvalue weighted by Crippen LogP contribution is -2.20. The summed E-state index contributed by atoms with van der Waals surface area (Å²) in [5.41, 5.74) is 0. The van der Waals surface area contributed by atoms with Crippen molar-refractivity contribution < 1.29 is 8.98 Å². The van der Waals surface area contributed by atoms with Gasteiger partial charge in [-0.15, -0.1) is 24.0 Å². The zero-order chi connectivity index (χ0) is 8.69. The van der Waals surface area contributed by atoms with Gasteiger partial charge in [0.1, 0.15) is 0 Å². The number of carbonyl (C=O) groups is 1. The molecule has 0 bridgehead atoms. The van der Waals surface area contributed by atoms with E-state index < -0.39 is 0 Å². The van der Waals surface area contributed by atoms with E-state index in [0.29, 0.717) is 0 Å². The predicted molar refractivity (Wildman–Crippen MR) is 67.7 cm³/mol. The molecule has 0 rings (SSSR count).